The summed E-state index contributed by atoms with van der Waals surface area (Å²) in [5.41, 5.74) is 2.33. The highest BCUT2D eigenvalue weighted by molar-refractivity contribution is 8.00. The van der Waals surface area contributed by atoms with Crippen molar-refractivity contribution in [2.75, 3.05) is 6.54 Å². The lowest BCUT2D eigenvalue weighted by Gasteiger charge is -2.22. The van der Waals surface area contributed by atoms with Crippen molar-refractivity contribution in [2.45, 2.75) is 58.4 Å². The number of amides is 1. The lowest BCUT2D eigenvalue weighted by molar-refractivity contribution is -0.120. The van der Waals surface area contributed by atoms with Gasteiger partial charge in [0.25, 0.3) is 10.0 Å². The fourth-order valence-corrected chi connectivity index (χ4v) is 5.23. The molecule has 1 aromatic carbocycles. The van der Waals surface area contributed by atoms with E-state index in [0.717, 1.165) is 31.2 Å². The summed E-state index contributed by atoms with van der Waals surface area (Å²) in [5.74, 6) is 0.125. The minimum absolute atomic E-state index is 0.0704. The molecule has 146 valence electrons. The molecule has 1 saturated carbocycles. The lowest BCUT2D eigenvalue weighted by atomic mass is 9.95. The Balaban J connectivity index is 1.79. The summed E-state index contributed by atoms with van der Waals surface area (Å²) < 4.78 is 27.8. The van der Waals surface area contributed by atoms with Gasteiger partial charge in [-0.25, -0.2) is 8.42 Å². The van der Waals surface area contributed by atoms with Crippen LogP contribution in [-0.2, 0) is 14.8 Å². The van der Waals surface area contributed by atoms with Crippen LogP contribution in [0.25, 0.3) is 4.91 Å². The Hall–Kier alpha value is -2.15. The van der Waals surface area contributed by atoms with E-state index in [1.807, 2.05) is 26.0 Å². The molecule has 2 N–H and O–H groups in total. The topological polar surface area (TPSA) is 87.6 Å². The van der Waals surface area contributed by atoms with Crippen molar-refractivity contribution >= 4 is 26.7 Å². The van der Waals surface area contributed by atoms with Crippen molar-refractivity contribution in [3.8, 4) is 0 Å². The molecule has 0 unspecified atom stereocenters. The SMILES string of the molecule is CCC1=C(c2ccc(C)cc2)S(=O)(=O)NC1=NCC(=O)NC1CCCCC1. The van der Waals surface area contributed by atoms with Crippen LogP contribution in [-0.4, -0.2) is 32.7 Å². The van der Waals surface area contributed by atoms with Gasteiger partial charge in [-0.1, -0.05) is 56.0 Å². The zero-order chi connectivity index (χ0) is 19.4. The third kappa shape index (κ3) is 4.58. The highest BCUT2D eigenvalue weighted by Crippen LogP contribution is 2.31. The molecule has 1 fully saturated rings. The maximum Gasteiger partial charge on any atom is 0.264 e. The quantitative estimate of drug-likeness (QED) is 0.812. The van der Waals surface area contributed by atoms with Crippen LogP contribution in [0.3, 0.4) is 0 Å². The van der Waals surface area contributed by atoms with Gasteiger partial charge in [0, 0.05) is 11.6 Å². The molecule has 7 heteroatoms. The highest BCUT2D eigenvalue weighted by atomic mass is 32.2. The summed E-state index contributed by atoms with van der Waals surface area (Å²) in [6, 6.07) is 7.60. The molecule has 6 nitrogen and oxygen atoms in total. The fourth-order valence-electron chi connectivity index (χ4n) is 3.67. The monoisotopic (exact) mass is 389 g/mol. The Kier molecular flexibility index (Phi) is 5.99. The van der Waals surface area contributed by atoms with Crippen LogP contribution in [0.1, 0.15) is 56.6 Å². The van der Waals surface area contributed by atoms with Gasteiger partial charge in [-0.15, -0.1) is 0 Å². The van der Waals surface area contributed by atoms with Gasteiger partial charge in [-0.05, 0) is 31.7 Å². The van der Waals surface area contributed by atoms with Crippen molar-refractivity contribution < 1.29 is 13.2 Å². The number of hydrogen-bond donors (Lipinski definition) is 2. The molecule has 3 rings (SSSR count). The summed E-state index contributed by atoms with van der Waals surface area (Å²) in [4.78, 5) is 16.7. The summed E-state index contributed by atoms with van der Waals surface area (Å²) in [6.45, 7) is 3.78. The first-order chi connectivity index (χ1) is 12.9. The van der Waals surface area contributed by atoms with Gasteiger partial charge in [0.2, 0.25) is 5.91 Å². The standard InChI is InChI=1S/C20H27N3O3S/c1-3-17-19(15-11-9-14(2)10-12-15)27(25,26)23-20(17)21-13-18(24)22-16-7-5-4-6-8-16/h9-12,16H,3-8,13H2,1-2H3,(H,21,23)(H,22,24). The number of aryl methyl sites for hydroxylation is 1. The largest absolute Gasteiger partial charge is 0.352 e. The molecule has 1 aliphatic carbocycles. The van der Waals surface area contributed by atoms with Gasteiger partial charge >= 0.3 is 0 Å². The predicted molar refractivity (Wildman–Crippen MR) is 108 cm³/mol. The van der Waals surface area contributed by atoms with Crippen molar-refractivity contribution in [2.24, 2.45) is 4.99 Å². The smallest absolute Gasteiger partial charge is 0.264 e. The number of benzene rings is 1. The zero-order valence-corrected chi connectivity index (χ0v) is 16.7. The van der Waals surface area contributed by atoms with Crippen LogP contribution in [0, 0.1) is 6.92 Å². The molecule has 0 aromatic heterocycles. The molecule has 0 saturated heterocycles. The fraction of sp³-hybridized carbons (Fsp3) is 0.500. The normalized spacial score (nSPS) is 21.3. The predicted octanol–water partition coefficient (Wildman–Crippen LogP) is 2.90. The first-order valence-corrected chi connectivity index (χ1v) is 11.1. The zero-order valence-electron chi connectivity index (χ0n) is 15.9. The van der Waals surface area contributed by atoms with Crippen LogP contribution in [0.4, 0.5) is 0 Å². The van der Waals surface area contributed by atoms with Crippen molar-refractivity contribution in [1.29, 1.82) is 0 Å². The van der Waals surface area contributed by atoms with Crippen molar-refractivity contribution in [3.63, 3.8) is 0 Å². The van der Waals surface area contributed by atoms with Gasteiger partial charge in [-0.3, -0.25) is 14.5 Å². The molecule has 0 radical (unpaired) electrons. The second-order valence-corrected chi connectivity index (χ2v) is 8.82. The third-order valence-corrected chi connectivity index (χ3v) is 6.56. The molecule has 27 heavy (non-hydrogen) atoms. The molecule has 0 spiro atoms. The van der Waals surface area contributed by atoms with E-state index in [2.05, 4.69) is 15.0 Å². The second-order valence-electron chi connectivity index (χ2n) is 7.20. The Morgan fingerprint density at radius 3 is 2.48 bits per heavy atom. The van der Waals surface area contributed by atoms with Crippen molar-refractivity contribution in [1.82, 2.24) is 10.0 Å². The Labute approximate surface area is 161 Å². The van der Waals surface area contributed by atoms with Gasteiger partial charge in [0.15, 0.2) is 0 Å². The van der Waals surface area contributed by atoms with E-state index in [0.29, 0.717) is 17.6 Å². The van der Waals surface area contributed by atoms with Crippen LogP contribution in [0.2, 0.25) is 0 Å². The number of carbonyl (C=O) groups is 1. The number of amidine groups is 1. The summed E-state index contributed by atoms with van der Waals surface area (Å²) in [7, 11) is -3.67. The van der Waals surface area contributed by atoms with E-state index in [1.165, 1.54) is 6.42 Å². The highest BCUT2D eigenvalue weighted by Gasteiger charge is 2.34. The van der Waals surface area contributed by atoms with Crippen LogP contribution in [0.5, 0.6) is 0 Å². The van der Waals surface area contributed by atoms with E-state index in [-0.39, 0.29) is 29.2 Å². The summed E-state index contributed by atoms with van der Waals surface area (Å²) in [5, 5.41) is 3.01. The van der Waals surface area contributed by atoms with Gasteiger partial charge < -0.3 is 5.32 Å². The minimum Gasteiger partial charge on any atom is -0.352 e. The van der Waals surface area contributed by atoms with Gasteiger partial charge in [0.05, 0.1) is 0 Å². The average molecular weight is 390 g/mol. The Bertz CT molecular complexity index is 864. The molecule has 1 aliphatic heterocycles. The average Bonchev–Trinajstić information content (AvgIpc) is 2.91. The molecule has 0 atom stereocenters. The number of nitrogens with zero attached hydrogens (tertiary/aromatic N) is 1. The number of hydrogen-bond acceptors (Lipinski definition) is 4. The molecule has 1 aromatic rings. The first kappa shape index (κ1) is 19.6. The second kappa shape index (κ2) is 8.25. The number of sulfonamides is 1. The van der Waals surface area contributed by atoms with Crippen LogP contribution < -0.4 is 10.0 Å². The number of rotatable bonds is 5. The van der Waals surface area contributed by atoms with Crippen LogP contribution in [0.15, 0.2) is 34.8 Å². The molecule has 2 aliphatic rings. The molecule has 1 heterocycles. The number of aliphatic imine (C=N–C) groups is 1. The van der Waals surface area contributed by atoms with E-state index in [4.69, 9.17) is 0 Å². The van der Waals surface area contributed by atoms with E-state index in [9.17, 15) is 13.2 Å². The molecular weight excluding hydrogens is 362 g/mol. The molecule has 1 amide bonds. The lowest BCUT2D eigenvalue weighted by Crippen LogP contribution is -2.38. The molecular formula is C20H27N3O3S. The number of carbonyl (C=O) groups excluding carboxylic acids is 1. The summed E-state index contributed by atoms with van der Waals surface area (Å²) in [6.07, 6.45) is 6.03. The van der Waals surface area contributed by atoms with E-state index >= 15 is 0 Å². The Morgan fingerprint density at radius 1 is 1.19 bits per heavy atom. The summed E-state index contributed by atoms with van der Waals surface area (Å²) >= 11 is 0. The Morgan fingerprint density at radius 2 is 1.85 bits per heavy atom. The maximum absolute atomic E-state index is 12.6. The molecule has 0 bridgehead atoms. The number of nitrogens with one attached hydrogen (secondary N) is 2. The van der Waals surface area contributed by atoms with Gasteiger partial charge in [0.1, 0.15) is 17.3 Å². The first-order valence-electron chi connectivity index (χ1n) is 9.58. The van der Waals surface area contributed by atoms with Crippen molar-refractivity contribution in [3.05, 3.63) is 41.0 Å². The van der Waals surface area contributed by atoms with Crippen LogP contribution >= 0.6 is 0 Å². The third-order valence-electron chi connectivity index (χ3n) is 5.08. The minimum atomic E-state index is -3.67. The van der Waals surface area contributed by atoms with Gasteiger partial charge in [-0.2, -0.15) is 0 Å². The van der Waals surface area contributed by atoms with E-state index in [1.54, 1.807) is 12.1 Å². The van der Waals surface area contributed by atoms with E-state index < -0.39 is 10.0 Å². The maximum atomic E-state index is 12.6.